The summed E-state index contributed by atoms with van der Waals surface area (Å²) in [6.45, 7) is 3.74. The predicted octanol–water partition coefficient (Wildman–Crippen LogP) is 5.91. The van der Waals surface area contributed by atoms with Crippen LogP contribution in [0.5, 0.6) is 11.6 Å². The third-order valence-electron chi connectivity index (χ3n) is 7.39. The van der Waals surface area contributed by atoms with Gasteiger partial charge in [-0.1, -0.05) is 17.7 Å². The van der Waals surface area contributed by atoms with E-state index in [1.165, 1.54) is 11.5 Å². The van der Waals surface area contributed by atoms with E-state index in [1.807, 2.05) is 13.0 Å². The molecular weight excluding hydrogens is 543 g/mol. The smallest absolute Gasteiger partial charge is 0.255 e. The quantitative estimate of drug-likeness (QED) is 0.238. The van der Waals surface area contributed by atoms with Gasteiger partial charge < -0.3 is 15.4 Å². The van der Waals surface area contributed by atoms with E-state index < -0.39 is 15.8 Å². The molecule has 3 N–H and O–H groups in total. The van der Waals surface area contributed by atoms with Crippen LogP contribution in [0.3, 0.4) is 0 Å². The Morgan fingerprint density at radius 2 is 1.90 bits per heavy atom. The van der Waals surface area contributed by atoms with Crippen LogP contribution < -0.4 is 20.1 Å². The van der Waals surface area contributed by atoms with Crippen LogP contribution in [0.2, 0.25) is 0 Å². The lowest BCUT2D eigenvalue weighted by molar-refractivity contribution is 0.466. The molecule has 2 aromatic carbocycles. The number of hydrogen-bond donors (Lipinski definition) is 3. The fourth-order valence-electron chi connectivity index (χ4n) is 5.09. The van der Waals surface area contributed by atoms with E-state index in [-0.39, 0.29) is 11.7 Å². The van der Waals surface area contributed by atoms with Crippen molar-refractivity contribution in [1.82, 2.24) is 20.3 Å². The third-order valence-corrected chi connectivity index (χ3v) is 8.52. The summed E-state index contributed by atoms with van der Waals surface area (Å²) in [5.41, 5.74) is 2.79. The molecule has 11 heteroatoms. The van der Waals surface area contributed by atoms with Crippen molar-refractivity contribution in [3.63, 3.8) is 0 Å². The molecule has 0 unspecified atom stereocenters. The van der Waals surface area contributed by atoms with Crippen LogP contribution in [-0.2, 0) is 10.0 Å². The molecule has 2 aliphatic rings. The Balaban J connectivity index is 1.34. The van der Waals surface area contributed by atoms with E-state index in [2.05, 4.69) is 25.3 Å². The van der Waals surface area contributed by atoms with Gasteiger partial charge in [0.15, 0.2) is 0 Å². The highest BCUT2D eigenvalue weighted by Gasteiger charge is 2.21. The summed E-state index contributed by atoms with van der Waals surface area (Å²) in [5.74, 6) is 0.612. The van der Waals surface area contributed by atoms with Gasteiger partial charge in [0.25, 0.3) is 10.0 Å². The van der Waals surface area contributed by atoms with Crippen molar-refractivity contribution in [3.8, 4) is 22.9 Å². The number of allylic oxidation sites excluding steroid dienone is 1. The van der Waals surface area contributed by atoms with E-state index in [4.69, 9.17) is 9.72 Å². The Morgan fingerprint density at radius 3 is 2.68 bits per heavy atom. The van der Waals surface area contributed by atoms with Crippen LogP contribution in [-0.4, -0.2) is 42.5 Å². The fraction of sp³-hybridized carbons (Fsp3) is 0.300. The van der Waals surface area contributed by atoms with Gasteiger partial charge in [-0.25, -0.2) is 27.8 Å². The molecule has 0 amide bonds. The van der Waals surface area contributed by atoms with Crippen LogP contribution in [0.4, 0.5) is 16.0 Å². The van der Waals surface area contributed by atoms with Gasteiger partial charge in [-0.15, -0.1) is 0 Å². The van der Waals surface area contributed by atoms with Crippen molar-refractivity contribution in [2.24, 2.45) is 0 Å². The highest BCUT2D eigenvalue weighted by Crippen LogP contribution is 2.40. The van der Waals surface area contributed by atoms with Crippen LogP contribution in [0.15, 0.2) is 65.8 Å². The number of rotatable bonds is 8. The average molecular weight is 575 g/mol. The Hall–Kier alpha value is -4.09. The standard InChI is InChI=1S/C30H31FN6O3S/c1-19-9-10-22-23(11-12-25(31)27(22)37-41(38,39)18-20-5-2-6-20)28(19)40-29-24(8-4-15-33-29)26-13-16-34-30(36-26)35-21-7-3-14-32-17-21/h4,8-13,15-16,18,21,32,37H,2-3,5-7,14,17H2,1H3,(H,34,35,36)/t21-/m0/s1. The number of nitrogens with one attached hydrogen (secondary N) is 3. The van der Waals surface area contributed by atoms with E-state index in [1.54, 1.807) is 42.7 Å². The lowest BCUT2D eigenvalue weighted by Gasteiger charge is -2.23. The normalized spacial score (nSPS) is 17.1. The summed E-state index contributed by atoms with van der Waals surface area (Å²) in [5, 5.41) is 8.91. The number of piperidine rings is 1. The average Bonchev–Trinajstić information content (AvgIpc) is 2.95. The Bertz CT molecular complexity index is 1730. The maximum absolute atomic E-state index is 15.0. The molecule has 1 atom stereocenters. The summed E-state index contributed by atoms with van der Waals surface area (Å²) >= 11 is 0. The number of ether oxygens (including phenoxy) is 1. The minimum atomic E-state index is -3.88. The number of sulfonamides is 1. The zero-order chi connectivity index (χ0) is 28.4. The lowest BCUT2D eigenvalue weighted by Crippen LogP contribution is -2.38. The van der Waals surface area contributed by atoms with Crippen LogP contribution in [0.25, 0.3) is 22.0 Å². The van der Waals surface area contributed by atoms with Crippen LogP contribution in [0.1, 0.15) is 37.7 Å². The lowest BCUT2D eigenvalue weighted by atomic mass is 9.95. The van der Waals surface area contributed by atoms with Gasteiger partial charge in [-0.3, -0.25) is 4.72 Å². The maximum Gasteiger partial charge on any atom is 0.255 e. The van der Waals surface area contributed by atoms with Gasteiger partial charge in [0.2, 0.25) is 11.8 Å². The first-order chi connectivity index (χ1) is 19.9. The first-order valence-electron chi connectivity index (χ1n) is 13.7. The van der Waals surface area contributed by atoms with Gasteiger partial charge in [0, 0.05) is 35.8 Å². The van der Waals surface area contributed by atoms with E-state index in [0.29, 0.717) is 39.6 Å². The van der Waals surface area contributed by atoms with Gasteiger partial charge in [0.05, 0.1) is 22.4 Å². The van der Waals surface area contributed by atoms with E-state index in [9.17, 15) is 8.42 Å². The molecule has 6 rings (SSSR count). The van der Waals surface area contributed by atoms with Crippen molar-refractivity contribution in [1.29, 1.82) is 0 Å². The van der Waals surface area contributed by atoms with Crippen molar-refractivity contribution in [3.05, 3.63) is 77.2 Å². The molecular formula is C30H31FN6O3S. The molecule has 1 aliphatic carbocycles. The second-order valence-electron chi connectivity index (χ2n) is 10.4. The highest BCUT2D eigenvalue weighted by atomic mass is 32.2. The SMILES string of the molecule is Cc1ccc2c(NS(=O)(=O)C=C3CCC3)c(F)ccc2c1Oc1ncccc1-c1ccnc(N[C@H]2CCCNC2)n1. The number of anilines is 2. The number of halogens is 1. The summed E-state index contributed by atoms with van der Waals surface area (Å²) in [7, 11) is -3.88. The van der Waals surface area contributed by atoms with Crippen molar-refractivity contribution in [2.75, 3.05) is 23.1 Å². The molecule has 9 nitrogen and oxygen atoms in total. The Labute approximate surface area is 238 Å². The highest BCUT2D eigenvalue weighted by molar-refractivity contribution is 7.95. The van der Waals surface area contributed by atoms with Gasteiger partial charge in [-0.05, 0) is 81.5 Å². The van der Waals surface area contributed by atoms with Crippen molar-refractivity contribution in [2.45, 2.75) is 45.1 Å². The second kappa shape index (κ2) is 11.4. The molecule has 0 bridgehead atoms. The molecule has 212 valence electrons. The minimum absolute atomic E-state index is 0.117. The first-order valence-corrected chi connectivity index (χ1v) is 15.3. The monoisotopic (exact) mass is 574 g/mol. The molecule has 41 heavy (non-hydrogen) atoms. The number of nitrogens with zero attached hydrogens (tertiary/aromatic N) is 3. The molecule has 1 aliphatic heterocycles. The zero-order valence-corrected chi connectivity index (χ0v) is 23.5. The van der Waals surface area contributed by atoms with E-state index >= 15 is 4.39 Å². The summed E-state index contributed by atoms with van der Waals surface area (Å²) in [4.78, 5) is 13.6. The number of pyridine rings is 1. The third kappa shape index (κ3) is 6.01. The van der Waals surface area contributed by atoms with E-state index in [0.717, 1.165) is 56.3 Å². The van der Waals surface area contributed by atoms with Gasteiger partial charge in [0.1, 0.15) is 11.6 Å². The number of hydrogen-bond acceptors (Lipinski definition) is 8. The Kier molecular flexibility index (Phi) is 7.55. The molecule has 4 aromatic rings. The Morgan fingerprint density at radius 1 is 1.05 bits per heavy atom. The van der Waals surface area contributed by atoms with Gasteiger partial charge in [-0.2, -0.15) is 0 Å². The molecule has 0 spiro atoms. The van der Waals surface area contributed by atoms with Gasteiger partial charge >= 0.3 is 0 Å². The second-order valence-corrected chi connectivity index (χ2v) is 11.9. The maximum atomic E-state index is 15.0. The number of aromatic nitrogens is 3. The number of aryl methyl sites for hydroxylation is 1. The molecule has 1 saturated heterocycles. The molecule has 3 heterocycles. The number of benzene rings is 2. The number of fused-ring (bicyclic) bond motifs is 1. The fourth-order valence-corrected chi connectivity index (χ4v) is 6.31. The van der Waals surface area contributed by atoms with Crippen molar-refractivity contribution >= 4 is 32.4 Å². The first kappa shape index (κ1) is 27.1. The summed E-state index contributed by atoms with van der Waals surface area (Å²) in [6.07, 6.45) is 7.89. The predicted molar refractivity (Wildman–Crippen MR) is 158 cm³/mol. The minimum Gasteiger partial charge on any atom is -0.437 e. The molecule has 2 fully saturated rings. The molecule has 1 saturated carbocycles. The van der Waals surface area contributed by atoms with Crippen LogP contribution in [0, 0.1) is 12.7 Å². The molecule has 0 radical (unpaired) electrons. The zero-order valence-electron chi connectivity index (χ0n) is 22.7. The van der Waals surface area contributed by atoms with Crippen molar-refractivity contribution < 1.29 is 17.5 Å². The van der Waals surface area contributed by atoms with Crippen LogP contribution >= 0.6 is 0 Å². The summed E-state index contributed by atoms with van der Waals surface area (Å²) in [6, 6.07) is 12.0. The summed E-state index contributed by atoms with van der Waals surface area (Å²) < 4.78 is 49.4. The largest absolute Gasteiger partial charge is 0.437 e. The topological polar surface area (TPSA) is 118 Å². The molecule has 2 aromatic heterocycles.